The van der Waals surface area contributed by atoms with E-state index in [1.807, 2.05) is 13.0 Å². The zero-order chi connectivity index (χ0) is 9.47. The van der Waals surface area contributed by atoms with Crippen LogP contribution in [0.15, 0.2) is 11.2 Å². The Hall–Kier alpha value is -0.250. The number of nitrogens with zero attached hydrogens (tertiary/aromatic N) is 1. The summed E-state index contributed by atoms with van der Waals surface area (Å²) in [4.78, 5) is 5.25. The van der Waals surface area contributed by atoms with Crippen molar-refractivity contribution in [1.82, 2.24) is 0 Å². The van der Waals surface area contributed by atoms with Gasteiger partial charge in [-0.15, -0.1) is 11.3 Å². The van der Waals surface area contributed by atoms with E-state index >= 15 is 0 Å². The molecule has 2 heterocycles. The summed E-state index contributed by atoms with van der Waals surface area (Å²) in [6, 6.07) is 1.84. The van der Waals surface area contributed by atoms with Gasteiger partial charge < -0.3 is 4.84 Å². The first-order chi connectivity index (χ1) is 6.12. The molecule has 70 valence electrons. The summed E-state index contributed by atoms with van der Waals surface area (Å²) in [5, 5.41) is 3.74. The van der Waals surface area contributed by atoms with Gasteiger partial charge in [-0.05, 0) is 13.0 Å². The van der Waals surface area contributed by atoms with Crippen LogP contribution in [0.4, 0.5) is 0 Å². The van der Waals surface area contributed by atoms with Crippen LogP contribution in [0.5, 0.6) is 0 Å². The summed E-state index contributed by atoms with van der Waals surface area (Å²) >= 11 is 13.2. The second-order valence-electron chi connectivity index (χ2n) is 3.05. The summed E-state index contributed by atoms with van der Waals surface area (Å²) in [6.45, 7) is 1.95. The number of halogens is 2. The lowest BCUT2D eigenvalue weighted by Crippen LogP contribution is -2.19. The predicted molar refractivity (Wildman–Crippen MR) is 55.9 cm³/mol. The van der Waals surface area contributed by atoms with Crippen LogP contribution >= 0.6 is 34.5 Å². The molecule has 0 bridgehead atoms. The van der Waals surface area contributed by atoms with Gasteiger partial charge in [0.15, 0.2) is 5.60 Å². The third kappa shape index (κ3) is 1.56. The lowest BCUT2D eigenvalue weighted by molar-refractivity contribution is -0.00697. The maximum atomic E-state index is 6.01. The van der Waals surface area contributed by atoms with Crippen LogP contribution in [0.3, 0.4) is 0 Å². The minimum absolute atomic E-state index is 0.430. The Morgan fingerprint density at radius 1 is 1.62 bits per heavy atom. The van der Waals surface area contributed by atoms with Gasteiger partial charge in [-0.1, -0.05) is 28.4 Å². The van der Waals surface area contributed by atoms with Crippen molar-refractivity contribution in [1.29, 1.82) is 0 Å². The number of oxime groups is 1. The average molecular weight is 236 g/mol. The zero-order valence-electron chi connectivity index (χ0n) is 6.88. The number of hydrogen-bond donors (Lipinski definition) is 0. The second kappa shape index (κ2) is 3.15. The van der Waals surface area contributed by atoms with Crippen LogP contribution in [-0.2, 0) is 10.4 Å². The van der Waals surface area contributed by atoms with E-state index in [-0.39, 0.29) is 0 Å². The first-order valence-corrected chi connectivity index (χ1v) is 5.34. The van der Waals surface area contributed by atoms with E-state index in [4.69, 9.17) is 28.0 Å². The first-order valence-electron chi connectivity index (χ1n) is 3.77. The van der Waals surface area contributed by atoms with Crippen molar-refractivity contribution < 1.29 is 4.84 Å². The highest BCUT2D eigenvalue weighted by atomic mass is 35.5. The Labute approximate surface area is 90.1 Å². The molecule has 0 radical (unpaired) electrons. The molecular formula is C8H7Cl2NOS. The van der Waals surface area contributed by atoms with E-state index < -0.39 is 5.60 Å². The minimum Gasteiger partial charge on any atom is -0.385 e. The van der Waals surface area contributed by atoms with Crippen LogP contribution in [0.25, 0.3) is 0 Å². The Morgan fingerprint density at radius 2 is 2.38 bits per heavy atom. The molecule has 0 fully saturated rings. The van der Waals surface area contributed by atoms with Crippen molar-refractivity contribution >= 4 is 40.8 Å². The molecule has 0 amide bonds. The van der Waals surface area contributed by atoms with Gasteiger partial charge in [0.25, 0.3) is 0 Å². The summed E-state index contributed by atoms with van der Waals surface area (Å²) in [5.41, 5.74) is 0.488. The van der Waals surface area contributed by atoms with Gasteiger partial charge in [0.05, 0.1) is 4.34 Å². The molecular weight excluding hydrogens is 229 g/mol. The third-order valence-electron chi connectivity index (χ3n) is 2.04. The minimum atomic E-state index is -0.430. The largest absolute Gasteiger partial charge is 0.385 e. The number of thiophene rings is 1. The van der Waals surface area contributed by atoms with Crippen LogP contribution in [-0.4, -0.2) is 6.21 Å². The standard InChI is InChI=1S/C8H7Cl2NOS/c1-8(2-3-11-12-8)5-4-6(9)13-7(5)10/h3-4H,2H2,1H3. The summed E-state index contributed by atoms with van der Waals surface area (Å²) in [6.07, 6.45) is 2.47. The summed E-state index contributed by atoms with van der Waals surface area (Å²) in [7, 11) is 0. The van der Waals surface area contributed by atoms with Gasteiger partial charge in [0.2, 0.25) is 0 Å². The number of hydrogen-bond acceptors (Lipinski definition) is 3. The van der Waals surface area contributed by atoms with Crippen LogP contribution in [0, 0.1) is 0 Å². The van der Waals surface area contributed by atoms with Gasteiger partial charge in [0, 0.05) is 18.2 Å². The fraction of sp³-hybridized carbons (Fsp3) is 0.375. The molecule has 0 saturated heterocycles. The first kappa shape index (κ1) is 9.31. The molecule has 5 heteroatoms. The van der Waals surface area contributed by atoms with Crippen molar-refractivity contribution in [2.24, 2.45) is 5.16 Å². The molecule has 2 rings (SSSR count). The zero-order valence-corrected chi connectivity index (χ0v) is 9.21. The smallest absolute Gasteiger partial charge is 0.167 e. The molecule has 1 aliphatic rings. The van der Waals surface area contributed by atoms with E-state index in [1.165, 1.54) is 11.3 Å². The molecule has 2 nitrogen and oxygen atoms in total. The van der Waals surface area contributed by atoms with Crippen molar-refractivity contribution in [3.05, 3.63) is 20.3 Å². The van der Waals surface area contributed by atoms with Crippen LogP contribution < -0.4 is 0 Å². The van der Waals surface area contributed by atoms with Gasteiger partial charge in [-0.2, -0.15) is 0 Å². The quantitative estimate of drug-likeness (QED) is 0.728. The Bertz CT molecular complexity index is 353. The lowest BCUT2D eigenvalue weighted by Gasteiger charge is -2.20. The molecule has 0 aliphatic carbocycles. The SMILES string of the molecule is CC1(c2cc(Cl)sc2Cl)CC=NO1. The van der Waals surface area contributed by atoms with Gasteiger partial charge >= 0.3 is 0 Å². The van der Waals surface area contributed by atoms with Gasteiger partial charge in [-0.25, -0.2) is 0 Å². The van der Waals surface area contributed by atoms with Gasteiger partial charge in [-0.3, -0.25) is 0 Å². The highest BCUT2D eigenvalue weighted by Gasteiger charge is 2.35. The summed E-state index contributed by atoms with van der Waals surface area (Å²) < 4.78 is 1.36. The van der Waals surface area contributed by atoms with Crippen LogP contribution in [0.2, 0.25) is 8.67 Å². The van der Waals surface area contributed by atoms with E-state index in [0.29, 0.717) is 8.67 Å². The van der Waals surface area contributed by atoms with E-state index in [2.05, 4.69) is 5.16 Å². The molecule has 1 aromatic rings. The second-order valence-corrected chi connectivity index (χ2v) is 5.34. The fourth-order valence-electron chi connectivity index (χ4n) is 1.26. The Kier molecular flexibility index (Phi) is 2.26. The molecule has 0 spiro atoms. The molecule has 1 aromatic heterocycles. The van der Waals surface area contributed by atoms with E-state index in [1.54, 1.807) is 6.21 Å². The monoisotopic (exact) mass is 235 g/mol. The van der Waals surface area contributed by atoms with Crippen molar-refractivity contribution in [2.45, 2.75) is 18.9 Å². The number of rotatable bonds is 1. The molecule has 1 unspecified atom stereocenters. The van der Waals surface area contributed by atoms with E-state index in [0.717, 1.165) is 12.0 Å². The van der Waals surface area contributed by atoms with Crippen molar-refractivity contribution in [3.63, 3.8) is 0 Å². The maximum absolute atomic E-state index is 6.01. The van der Waals surface area contributed by atoms with E-state index in [9.17, 15) is 0 Å². The molecule has 13 heavy (non-hydrogen) atoms. The third-order valence-corrected chi connectivity index (χ3v) is 3.52. The maximum Gasteiger partial charge on any atom is 0.167 e. The molecule has 0 aromatic carbocycles. The van der Waals surface area contributed by atoms with Gasteiger partial charge in [0.1, 0.15) is 4.34 Å². The highest BCUT2D eigenvalue weighted by molar-refractivity contribution is 7.20. The lowest BCUT2D eigenvalue weighted by atomic mass is 9.96. The van der Waals surface area contributed by atoms with Crippen molar-refractivity contribution in [2.75, 3.05) is 0 Å². The Balaban J connectivity index is 2.39. The van der Waals surface area contributed by atoms with Crippen LogP contribution in [0.1, 0.15) is 18.9 Å². The highest BCUT2D eigenvalue weighted by Crippen LogP contribution is 2.42. The molecule has 1 atom stereocenters. The predicted octanol–water partition coefficient (Wildman–Crippen LogP) is 3.68. The molecule has 1 aliphatic heterocycles. The summed E-state index contributed by atoms with van der Waals surface area (Å²) in [5.74, 6) is 0. The molecule has 0 N–H and O–H groups in total. The topological polar surface area (TPSA) is 21.6 Å². The molecule has 0 saturated carbocycles. The average Bonchev–Trinajstić information content (AvgIpc) is 2.59. The fourth-order valence-corrected chi connectivity index (χ4v) is 2.96. The Morgan fingerprint density at radius 3 is 2.85 bits per heavy atom. The van der Waals surface area contributed by atoms with Crippen molar-refractivity contribution in [3.8, 4) is 0 Å². The normalized spacial score (nSPS) is 26.4.